The van der Waals surface area contributed by atoms with Crippen molar-refractivity contribution in [3.8, 4) is 23.0 Å². The summed E-state index contributed by atoms with van der Waals surface area (Å²) in [5.74, 6) is 2.73. The van der Waals surface area contributed by atoms with Gasteiger partial charge in [-0.1, -0.05) is 12.1 Å². The summed E-state index contributed by atoms with van der Waals surface area (Å²) in [6.45, 7) is 0. The Hall–Kier alpha value is -2.56. The number of aryl methyl sites for hydroxylation is 2. The van der Waals surface area contributed by atoms with E-state index in [0.717, 1.165) is 30.6 Å². The molecule has 0 unspecified atom stereocenters. The smallest absolute Gasteiger partial charge is 0.203 e. The summed E-state index contributed by atoms with van der Waals surface area (Å²) in [4.78, 5) is 0. The Kier molecular flexibility index (Phi) is 6.18. The fourth-order valence-electron chi connectivity index (χ4n) is 2.78. The lowest BCUT2D eigenvalue weighted by Gasteiger charge is -2.15. The second-order valence-electron chi connectivity index (χ2n) is 5.42. The van der Waals surface area contributed by atoms with Crippen LogP contribution in [0.5, 0.6) is 23.0 Å². The zero-order chi connectivity index (χ0) is 17.5. The van der Waals surface area contributed by atoms with Crippen LogP contribution in [-0.4, -0.2) is 28.4 Å². The molecule has 0 atom stereocenters. The summed E-state index contributed by atoms with van der Waals surface area (Å²) in [5, 5.41) is 0. The number of anilines is 1. The highest BCUT2D eigenvalue weighted by Gasteiger charge is 2.15. The third-order valence-electron chi connectivity index (χ3n) is 3.99. The predicted octanol–water partition coefficient (Wildman–Crippen LogP) is 3.48. The molecule has 130 valence electrons. The van der Waals surface area contributed by atoms with Gasteiger partial charge in [0.25, 0.3) is 0 Å². The molecule has 0 radical (unpaired) electrons. The number of hydrogen-bond donors (Lipinski definition) is 1. The van der Waals surface area contributed by atoms with Crippen molar-refractivity contribution in [1.82, 2.24) is 0 Å². The van der Waals surface area contributed by atoms with Gasteiger partial charge >= 0.3 is 0 Å². The van der Waals surface area contributed by atoms with Crippen molar-refractivity contribution in [2.24, 2.45) is 0 Å². The first-order valence-corrected chi connectivity index (χ1v) is 7.84. The van der Waals surface area contributed by atoms with Crippen molar-refractivity contribution >= 4 is 5.69 Å². The van der Waals surface area contributed by atoms with Crippen molar-refractivity contribution in [1.29, 1.82) is 0 Å². The van der Waals surface area contributed by atoms with Gasteiger partial charge in [-0.05, 0) is 48.6 Å². The minimum atomic E-state index is 0.631. The number of benzene rings is 2. The van der Waals surface area contributed by atoms with Gasteiger partial charge in [0.05, 0.1) is 34.1 Å². The van der Waals surface area contributed by atoms with Gasteiger partial charge in [0.2, 0.25) is 5.75 Å². The minimum absolute atomic E-state index is 0.631. The minimum Gasteiger partial charge on any atom is -0.495 e. The first-order chi connectivity index (χ1) is 11.6. The van der Waals surface area contributed by atoms with Crippen LogP contribution in [0.3, 0.4) is 0 Å². The van der Waals surface area contributed by atoms with Gasteiger partial charge in [0, 0.05) is 0 Å². The molecule has 24 heavy (non-hydrogen) atoms. The molecule has 0 spiro atoms. The SMILES string of the molecule is COc1ccc(CCCc2ccc(OC)c(OC)c2OC)cc1N. The molecule has 0 aliphatic heterocycles. The third kappa shape index (κ3) is 3.85. The summed E-state index contributed by atoms with van der Waals surface area (Å²) < 4.78 is 21.4. The van der Waals surface area contributed by atoms with Crippen molar-refractivity contribution in [2.75, 3.05) is 34.2 Å². The van der Waals surface area contributed by atoms with E-state index in [-0.39, 0.29) is 0 Å². The molecule has 2 rings (SSSR count). The van der Waals surface area contributed by atoms with Gasteiger partial charge in [-0.2, -0.15) is 0 Å². The fraction of sp³-hybridized carbons (Fsp3) is 0.368. The molecule has 2 N–H and O–H groups in total. The molecule has 0 aliphatic carbocycles. The number of methoxy groups -OCH3 is 4. The molecule has 0 heterocycles. The molecule has 0 aromatic heterocycles. The Labute approximate surface area is 143 Å². The van der Waals surface area contributed by atoms with E-state index in [4.69, 9.17) is 24.7 Å². The average Bonchev–Trinajstić information content (AvgIpc) is 2.61. The Morgan fingerprint density at radius 3 is 2.00 bits per heavy atom. The van der Waals surface area contributed by atoms with Crippen LogP contribution in [0.4, 0.5) is 5.69 Å². The van der Waals surface area contributed by atoms with Crippen molar-refractivity contribution < 1.29 is 18.9 Å². The van der Waals surface area contributed by atoms with Gasteiger partial charge < -0.3 is 24.7 Å². The molecule has 0 bridgehead atoms. The Morgan fingerprint density at radius 1 is 0.750 bits per heavy atom. The number of ether oxygens (including phenoxy) is 4. The fourth-order valence-corrected chi connectivity index (χ4v) is 2.78. The monoisotopic (exact) mass is 331 g/mol. The van der Waals surface area contributed by atoms with Crippen LogP contribution in [-0.2, 0) is 12.8 Å². The standard InChI is InChI=1S/C19H25NO4/c1-21-16-10-8-13(12-15(16)20)6-5-7-14-9-11-17(22-2)19(24-4)18(14)23-3/h8-12H,5-7,20H2,1-4H3. The topological polar surface area (TPSA) is 62.9 Å². The van der Waals surface area contributed by atoms with E-state index in [1.165, 1.54) is 5.56 Å². The highest BCUT2D eigenvalue weighted by molar-refractivity contribution is 5.56. The number of nitrogens with two attached hydrogens (primary N) is 1. The lowest BCUT2D eigenvalue weighted by atomic mass is 10.0. The summed E-state index contributed by atoms with van der Waals surface area (Å²) in [7, 11) is 6.50. The molecule has 5 heteroatoms. The number of hydrogen-bond acceptors (Lipinski definition) is 5. The maximum Gasteiger partial charge on any atom is 0.203 e. The van der Waals surface area contributed by atoms with Gasteiger partial charge in [-0.3, -0.25) is 0 Å². The van der Waals surface area contributed by atoms with Crippen molar-refractivity contribution in [2.45, 2.75) is 19.3 Å². The van der Waals surface area contributed by atoms with Crippen molar-refractivity contribution in [3.05, 3.63) is 41.5 Å². The van der Waals surface area contributed by atoms with Crippen LogP contribution in [0.15, 0.2) is 30.3 Å². The maximum atomic E-state index is 5.95. The molecule has 2 aromatic rings. The van der Waals surface area contributed by atoms with Crippen LogP contribution >= 0.6 is 0 Å². The van der Waals surface area contributed by atoms with E-state index in [9.17, 15) is 0 Å². The highest BCUT2D eigenvalue weighted by Crippen LogP contribution is 2.40. The molecule has 0 fully saturated rings. The Balaban J connectivity index is 2.08. The molecule has 5 nitrogen and oxygen atoms in total. The third-order valence-corrected chi connectivity index (χ3v) is 3.99. The summed E-state index contributed by atoms with van der Waals surface area (Å²) in [6.07, 6.45) is 2.76. The van der Waals surface area contributed by atoms with E-state index in [2.05, 4.69) is 0 Å². The van der Waals surface area contributed by atoms with Crippen LogP contribution < -0.4 is 24.7 Å². The second-order valence-corrected chi connectivity index (χ2v) is 5.42. The Bertz CT molecular complexity index is 685. The van der Waals surface area contributed by atoms with Crippen LogP contribution in [0.25, 0.3) is 0 Å². The van der Waals surface area contributed by atoms with Crippen LogP contribution in [0, 0.1) is 0 Å². The largest absolute Gasteiger partial charge is 0.495 e. The highest BCUT2D eigenvalue weighted by atomic mass is 16.5. The summed E-state index contributed by atoms with van der Waals surface area (Å²) in [5.41, 5.74) is 8.90. The van der Waals surface area contributed by atoms with Gasteiger partial charge in [0.1, 0.15) is 5.75 Å². The molecule has 0 saturated heterocycles. The molecule has 0 amide bonds. The van der Waals surface area contributed by atoms with E-state index < -0.39 is 0 Å². The van der Waals surface area contributed by atoms with E-state index >= 15 is 0 Å². The van der Waals surface area contributed by atoms with Crippen LogP contribution in [0.1, 0.15) is 17.5 Å². The molecule has 0 saturated carbocycles. The zero-order valence-electron chi connectivity index (χ0n) is 14.7. The van der Waals surface area contributed by atoms with Gasteiger partial charge in [0.15, 0.2) is 11.5 Å². The second kappa shape index (κ2) is 8.34. The molecule has 0 aliphatic rings. The van der Waals surface area contributed by atoms with Crippen molar-refractivity contribution in [3.63, 3.8) is 0 Å². The van der Waals surface area contributed by atoms with E-state index in [1.807, 2.05) is 30.3 Å². The number of nitrogen functional groups attached to an aromatic ring is 1. The predicted molar refractivity (Wildman–Crippen MR) is 95.5 cm³/mol. The summed E-state index contributed by atoms with van der Waals surface area (Å²) >= 11 is 0. The lowest BCUT2D eigenvalue weighted by Crippen LogP contribution is -2.00. The lowest BCUT2D eigenvalue weighted by molar-refractivity contribution is 0.322. The molecular weight excluding hydrogens is 306 g/mol. The average molecular weight is 331 g/mol. The first-order valence-electron chi connectivity index (χ1n) is 7.84. The zero-order valence-corrected chi connectivity index (χ0v) is 14.7. The maximum absolute atomic E-state index is 5.95. The van der Waals surface area contributed by atoms with Gasteiger partial charge in [-0.25, -0.2) is 0 Å². The quantitative estimate of drug-likeness (QED) is 0.750. The normalized spacial score (nSPS) is 10.3. The van der Waals surface area contributed by atoms with Gasteiger partial charge in [-0.15, -0.1) is 0 Å². The molecular formula is C19H25NO4. The number of rotatable bonds is 8. The van der Waals surface area contributed by atoms with E-state index in [0.29, 0.717) is 22.9 Å². The van der Waals surface area contributed by atoms with E-state index in [1.54, 1.807) is 28.4 Å². The Morgan fingerprint density at radius 2 is 1.42 bits per heavy atom. The first kappa shape index (κ1) is 17.8. The van der Waals surface area contributed by atoms with Crippen LogP contribution in [0.2, 0.25) is 0 Å². The molecule has 2 aromatic carbocycles. The summed E-state index contributed by atoms with van der Waals surface area (Å²) in [6, 6.07) is 9.83.